The molecule has 0 saturated carbocycles. The molecule has 0 bridgehead atoms. The Kier molecular flexibility index (Phi) is 7.63. The van der Waals surface area contributed by atoms with Crippen LogP contribution in [0.1, 0.15) is 21.5 Å². The third-order valence-corrected chi connectivity index (χ3v) is 6.68. The Bertz CT molecular complexity index is 1290. The highest BCUT2D eigenvalue weighted by atomic mass is 35.5. The summed E-state index contributed by atoms with van der Waals surface area (Å²) in [6.07, 6.45) is 1.61. The minimum atomic E-state index is -0.505. The zero-order chi connectivity index (χ0) is 24.2. The van der Waals surface area contributed by atoms with E-state index in [2.05, 4.69) is 0 Å². The molecule has 0 N–H and O–H groups in total. The van der Waals surface area contributed by atoms with Gasteiger partial charge >= 0.3 is 0 Å². The summed E-state index contributed by atoms with van der Waals surface area (Å²) in [5, 5.41) is 1.08. The van der Waals surface area contributed by atoms with Crippen molar-refractivity contribution in [3.63, 3.8) is 0 Å². The van der Waals surface area contributed by atoms with Crippen molar-refractivity contribution >= 4 is 69.6 Å². The van der Waals surface area contributed by atoms with E-state index in [0.29, 0.717) is 31.9 Å². The molecule has 0 aliphatic carbocycles. The zero-order valence-corrected chi connectivity index (χ0v) is 20.5. The van der Waals surface area contributed by atoms with Gasteiger partial charge in [0.1, 0.15) is 12.4 Å². The first-order valence-corrected chi connectivity index (χ1v) is 12.0. The van der Waals surface area contributed by atoms with Gasteiger partial charge in [-0.1, -0.05) is 53.0 Å². The van der Waals surface area contributed by atoms with Crippen molar-refractivity contribution < 1.29 is 19.1 Å². The molecule has 1 aliphatic heterocycles. The highest BCUT2D eigenvalue weighted by Crippen LogP contribution is 2.32. The fraction of sp³-hybridized carbons (Fsp3) is 0.0800. The second-order valence-corrected chi connectivity index (χ2v) is 9.56. The summed E-state index contributed by atoms with van der Waals surface area (Å²) < 4.78 is 5.76. The van der Waals surface area contributed by atoms with Gasteiger partial charge in [0.25, 0.3) is 11.1 Å². The van der Waals surface area contributed by atoms with Crippen LogP contribution in [0.3, 0.4) is 0 Å². The largest absolute Gasteiger partial charge is 0.489 e. The van der Waals surface area contributed by atoms with Crippen molar-refractivity contribution in [2.24, 2.45) is 0 Å². The standard InChI is InChI=1S/C25H16Cl3NO4S/c26-18-6-3-16(4-7-18)22(30)13-29-24(31)23(34-25(29)32)11-15-1-9-20(10-2-15)33-14-17-5-8-19(27)12-21(17)28/h1-12H,13-14H2/b23-11+. The molecule has 34 heavy (non-hydrogen) atoms. The molecule has 9 heteroatoms. The van der Waals surface area contributed by atoms with E-state index in [4.69, 9.17) is 39.5 Å². The second-order valence-electron chi connectivity index (χ2n) is 7.29. The molecular weight excluding hydrogens is 517 g/mol. The van der Waals surface area contributed by atoms with Crippen LogP contribution in [0.2, 0.25) is 15.1 Å². The fourth-order valence-electron chi connectivity index (χ4n) is 3.12. The first kappa shape index (κ1) is 24.4. The molecule has 1 heterocycles. The lowest BCUT2D eigenvalue weighted by molar-refractivity contribution is -0.122. The van der Waals surface area contributed by atoms with E-state index in [1.54, 1.807) is 72.8 Å². The first-order valence-electron chi connectivity index (χ1n) is 10.0. The van der Waals surface area contributed by atoms with Gasteiger partial charge in [-0.2, -0.15) is 0 Å². The molecule has 4 rings (SSSR count). The summed E-state index contributed by atoms with van der Waals surface area (Å²) in [5.41, 5.74) is 1.89. The number of rotatable bonds is 7. The Balaban J connectivity index is 1.39. The molecule has 1 aliphatic rings. The van der Waals surface area contributed by atoms with Crippen LogP contribution < -0.4 is 4.74 Å². The molecular formula is C25H16Cl3NO4S. The van der Waals surface area contributed by atoms with E-state index in [9.17, 15) is 14.4 Å². The Hall–Kier alpha value is -2.77. The highest BCUT2D eigenvalue weighted by molar-refractivity contribution is 8.18. The number of hydrogen-bond donors (Lipinski definition) is 0. The molecule has 3 aromatic carbocycles. The fourth-order valence-corrected chi connectivity index (χ4v) is 4.55. The van der Waals surface area contributed by atoms with Crippen LogP contribution in [0.25, 0.3) is 6.08 Å². The number of amides is 2. The number of carbonyl (C=O) groups excluding carboxylic acids is 3. The number of thioether (sulfide) groups is 1. The van der Waals surface area contributed by atoms with Gasteiger partial charge in [-0.05, 0) is 71.9 Å². The monoisotopic (exact) mass is 531 g/mol. The van der Waals surface area contributed by atoms with E-state index >= 15 is 0 Å². The van der Waals surface area contributed by atoms with Crippen molar-refractivity contribution in [1.82, 2.24) is 4.90 Å². The first-order chi connectivity index (χ1) is 16.3. The third-order valence-electron chi connectivity index (χ3n) is 4.93. The van der Waals surface area contributed by atoms with Gasteiger partial charge in [0.2, 0.25) is 0 Å². The number of nitrogens with zero attached hydrogens (tertiary/aromatic N) is 1. The Labute approximate surface area is 215 Å². The minimum Gasteiger partial charge on any atom is -0.489 e. The molecule has 0 radical (unpaired) electrons. The molecule has 5 nitrogen and oxygen atoms in total. The van der Waals surface area contributed by atoms with Crippen LogP contribution in [0.15, 0.2) is 71.6 Å². The number of halogens is 3. The number of imide groups is 1. The Morgan fingerprint density at radius 3 is 2.26 bits per heavy atom. The van der Waals surface area contributed by atoms with Crippen LogP contribution >= 0.6 is 46.6 Å². The number of carbonyl (C=O) groups is 3. The van der Waals surface area contributed by atoms with Crippen molar-refractivity contribution in [2.75, 3.05) is 6.54 Å². The van der Waals surface area contributed by atoms with E-state index in [1.165, 1.54) is 0 Å². The highest BCUT2D eigenvalue weighted by Gasteiger charge is 2.36. The van der Waals surface area contributed by atoms with E-state index in [-0.39, 0.29) is 23.8 Å². The lowest BCUT2D eigenvalue weighted by atomic mass is 10.1. The van der Waals surface area contributed by atoms with Gasteiger partial charge in [0, 0.05) is 26.2 Å². The van der Waals surface area contributed by atoms with Crippen molar-refractivity contribution in [3.8, 4) is 5.75 Å². The maximum absolute atomic E-state index is 12.7. The lowest BCUT2D eigenvalue weighted by Gasteiger charge is -2.11. The number of hydrogen-bond acceptors (Lipinski definition) is 5. The Morgan fingerprint density at radius 1 is 0.912 bits per heavy atom. The van der Waals surface area contributed by atoms with Crippen LogP contribution in [0.5, 0.6) is 5.75 Å². The van der Waals surface area contributed by atoms with Crippen molar-refractivity contribution in [3.05, 3.63) is 103 Å². The van der Waals surface area contributed by atoms with Gasteiger partial charge in [-0.25, -0.2) is 0 Å². The van der Waals surface area contributed by atoms with Crippen LogP contribution in [-0.4, -0.2) is 28.4 Å². The second kappa shape index (κ2) is 10.7. The SMILES string of the molecule is O=C(CN1C(=O)S/C(=C/c2ccc(OCc3ccc(Cl)cc3Cl)cc2)C1=O)c1ccc(Cl)cc1. The molecule has 172 valence electrons. The van der Waals surface area contributed by atoms with Gasteiger partial charge < -0.3 is 4.74 Å². The molecule has 0 aromatic heterocycles. The summed E-state index contributed by atoms with van der Waals surface area (Å²) in [7, 11) is 0. The number of Topliss-reactive ketones (excluding diaryl/α,β-unsaturated/α-hetero) is 1. The van der Waals surface area contributed by atoms with E-state index in [1.807, 2.05) is 0 Å². The van der Waals surface area contributed by atoms with E-state index in [0.717, 1.165) is 22.2 Å². The average Bonchev–Trinajstić information content (AvgIpc) is 3.07. The van der Waals surface area contributed by atoms with Crippen molar-refractivity contribution in [1.29, 1.82) is 0 Å². The van der Waals surface area contributed by atoms with Crippen molar-refractivity contribution in [2.45, 2.75) is 6.61 Å². The summed E-state index contributed by atoms with van der Waals surface area (Å²) in [6, 6.07) is 18.5. The summed E-state index contributed by atoms with van der Waals surface area (Å²) >= 11 is 18.7. The van der Waals surface area contributed by atoms with Gasteiger partial charge in [0.15, 0.2) is 5.78 Å². The minimum absolute atomic E-state index is 0.246. The molecule has 0 atom stereocenters. The molecule has 2 amide bonds. The average molecular weight is 533 g/mol. The normalized spacial score (nSPS) is 14.7. The molecule has 1 fully saturated rings. The smallest absolute Gasteiger partial charge is 0.293 e. The third kappa shape index (κ3) is 5.83. The van der Waals surface area contributed by atoms with Gasteiger partial charge in [0.05, 0.1) is 11.4 Å². The maximum atomic E-state index is 12.7. The van der Waals surface area contributed by atoms with Crippen LogP contribution in [0, 0.1) is 0 Å². The number of ketones is 1. The topological polar surface area (TPSA) is 63.7 Å². The van der Waals surface area contributed by atoms with Gasteiger partial charge in [-0.15, -0.1) is 0 Å². The summed E-state index contributed by atoms with van der Waals surface area (Å²) in [6.45, 7) is -0.0560. The maximum Gasteiger partial charge on any atom is 0.293 e. The van der Waals surface area contributed by atoms with Crippen LogP contribution in [0.4, 0.5) is 4.79 Å². The molecule has 3 aromatic rings. The summed E-state index contributed by atoms with van der Waals surface area (Å²) in [4.78, 5) is 38.7. The molecule has 0 spiro atoms. The zero-order valence-electron chi connectivity index (χ0n) is 17.5. The summed E-state index contributed by atoms with van der Waals surface area (Å²) in [5.74, 6) is -0.234. The van der Waals surface area contributed by atoms with Gasteiger partial charge in [-0.3, -0.25) is 19.3 Å². The molecule has 1 saturated heterocycles. The molecule has 0 unspecified atom stereocenters. The predicted molar refractivity (Wildman–Crippen MR) is 136 cm³/mol. The quantitative estimate of drug-likeness (QED) is 0.239. The van der Waals surface area contributed by atoms with Crippen LogP contribution in [-0.2, 0) is 11.4 Å². The van der Waals surface area contributed by atoms with E-state index < -0.39 is 11.1 Å². The predicted octanol–water partition coefficient (Wildman–Crippen LogP) is 7.15. The lowest BCUT2D eigenvalue weighted by Crippen LogP contribution is -2.33. The Morgan fingerprint density at radius 2 is 1.59 bits per heavy atom. The number of benzene rings is 3. The number of ether oxygens (including phenoxy) is 1.